The molecule has 0 unspecified atom stereocenters. The van der Waals surface area contributed by atoms with Crippen LogP contribution in [-0.2, 0) is 6.54 Å². The van der Waals surface area contributed by atoms with Crippen LogP contribution in [0.4, 0.5) is 0 Å². The van der Waals surface area contributed by atoms with Gasteiger partial charge in [0.05, 0.1) is 17.8 Å². The summed E-state index contributed by atoms with van der Waals surface area (Å²) in [4.78, 5) is 10.8. The normalized spacial score (nSPS) is 10.5. The monoisotopic (exact) mass is 220 g/mol. The molecule has 0 saturated carbocycles. The number of nitrogens with zero attached hydrogens (tertiary/aromatic N) is 2. The van der Waals surface area contributed by atoms with Crippen LogP contribution in [0.2, 0.25) is 0 Å². The molecule has 3 nitrogen and oxygen atoms in total. The van der Waals surface area contributed by atoms with Crippen molar-refractivity contribution in [1.29, 1.82) is 0 Å². The number of hydrogen-bond donors (Lipinski definition) is 0. The molecule has 78 valence electrons. The molecule has 2 aromatic heterocycles. The van der Waals surface area contributed by atoms with Crippen LogP contribution < -0.4 is 0 Å². The van der Waals surface area contributed by atoms with Gasteiger partial charge in [0.25, 0.3) is 0 Å². The van der Waals surface area contributed by atoms with Crippen molar-refractivity contribution in [2.75, 3.05) is 0 Å². The molecule has 4 heteroatoms. The van der Waals surface area contributed by atoms with Crippen LogP contribution in [0.15, 0.2) is 16.8 Å². The molecule has 0 aliphatic rings. The third kappa shape index (κ3) is 1.85. The lowest BCUT2D eigenvalue weighted by Gasteiger charge is -2.01. The fourth-order valence-corrected chi connectivity index (χ4v) is 2.25. The summed E-state index contributed by atoms with van der Waals surface area (Å²) in [5.74, 6) is 0. The minimum Gasteiger partial charge on any atom is -0.298 e. The van der Waals surface area contributed by atoms with Gasteiger partial charge < -0.3 is 0 Å². The van der Waals surface area contributed by atoms with E-state index in [0.29, 0.717) is 5.56 Å². The molecule has 0 bridgehead atoms. The zero-order valence-electron chi connectivity index (χ0n) is 8.73. The average Bonchev–Trinajstić information content (AvgIpc) is 2.78. The van der Waals surface area contributed by atoms with Gasteiger partial charge in [-0.05, 0) is 36.2 Å². The lowest BCUT2D eigenvalue weighted by molar-refractivity contribution is 0.112. The zero-order chi connectivity index (χ0) is 10.8. The molecule has 0 fully saturated rings. The maximum absolute atomic E-state index is 10.8. The molecular weight excluding hydrogens is 208 g/mol. The number of thiophene rings is 1. The lowest BCUT2D eigenvalue weighted by Crippen LogP contribution is -2.03. The van der Waals surface area contributed by atoms with E-state index in [1.54, 1.807) is 11.3 Å². The third-order valence-electron chi connectivity index (χ3n) is 2.47. The lowest BCUT2D eigenvalue weighted by atomic mass is 10.2. The van der Waals surface area contributed by atoms with E-state index in [1.807, 2.05) is 23.9 Å². The van der Waals surface area contributed by atoms with Crippen molar-refractivity contribution < 1.29 is 4.79 Å². The molecule has 15 heavy (non-hydrogen) atoms. The molecular formula is C11H12N2OS. The minimum atomic E-state index is 0.713. The first-order valence-corrected chi connectivity index (χ1v) is 5.67. The predicted octanol–water partition coefficient (Wildman–Crippen LogP) is 2.42. The standard InChI is InChI=1S/C11H12N2OS/c1-8-11(6-14)9(2)13(12-8)5-10-3-4-15-7-10/h3-4,6-7H,5H2,1-2H3. The number of aryl methyl sites for hydroxylation is 1. The van der Waals surface area contributed by atoms with Gasteiger partial charge in [0.2, 0.25) is 0 Å². The van der Waals surface area contributed by atoms with E-state index in [0.717, 1.165) is 24.2 Å². The van der Waals surface area contributed by atoms with Crippen LogP contribution in [0.1, 0.15) is 27.3 Å². The molecule has 0 aliphatic heterocycles. The van der Waals surface area contributed by atoms with Gasteiger partial charge >= 0.3 is 0 Å². The van der Waals surface area contributed by atoms with E-state index in [-0.39, 0.29) is 0 Å². The van der Waals surface area contributed by atoms with Crippen molar-refractivity contribution in [2.45, 2.75) is 20.4 Å². The van der Waals surface area contributed by atoms with Crippen LogP contribution in [0.3, 0.4) is 0 Å². The number of carbonyl (C=O) groups is 1. The van der Waals surface area contributed by atoms with Crippen LogP contribution in [-0.4, -0.2) is 16.1 Å². The van der Waals surface area contributed by atoms with Crippen LogP contribution in [0.5, 0.6) is 0 Å². The smallest absolute Gasteiger partial charge is 0.153 e. The molecule has 0 atom stereocenters. The topological polar surface area (TPSA) is 34.9 Å². The number of aromatic nitrogens is 2. The SMILES string of the molecule is Cc1nn(Cc2ccsc2)c(C)c1C=O. The summed E-state index contributed by atoms with van der Waals surface area (Å²) >= 11 is 1.67. The summed E-state index contributed by atoms with van der Waals surface area (Å²) in [5, 5.41) is 8.48. The average molecular weight is 220 g/mol. The number of rotatable bonds is 3. The van der Waals surface area contributed by atoms with E-state index < -0.39 is 0 Å². The van der Waals surface area contributed by atoms with Gasteiger partial charge in [-0.15, -0.1) is 0 Å². The highest BCUT2D eigenvalue weighted by Gasteiger charge is 2.10. The predicted molar refractivity (Wildman–Crippen MR) is 60.5 cm³/mol. The Kier molecular flexibility index (Phi) is 2.68. The van der Waals surface area contributed by atoms with Gasteiger partial charge in [-0.1, -0.05) is 0 Å². The summed E-state index contributed by atoms with van der Waals surface area (Å²) in [6.45, 7) is 4.53. The fraction of sp³-hybridized carbons (Fsp3) is 0.273. The minimum absolute atomic E-state index is 0.713. The maximum Gasteiger partial charge on any atom is 0.153 e. The van der Waals surface area contributed by atoms with Gasteiger partial charge in [0, 0.05) is 5.69 Å². The Morgan fingerprint density at radius 2 is 2.33 bits per heavy atom. The molecule has 2 heterocycles. The molecule has 0 aromatic carbocycles. The van der Waals surface area contributed by atoms with Crippen LogP contribution >= 0.6 is 11.3 Å². The van der Waals surface area contributed by atoms with Gasteiger partial charge in [0.15, 0.2) is 6.29 Å². The zero-order valence-corrected chi connectivity index (χ0v) is 9.54. The summed E-state index contributed by atoms with van der Waals surface area (Å²) in [6, 6.07) is 2.07. The second-order valence-corrected chi connectivity index (χ2v) is 4.27. The van der Waals surface area contributed by atoms with E-state index in [4.69, 9.17) is 0 Å². The van der Waals surface area contributed by atoms with E-state index in [9.17, 15) is 4.79 Å². The first-order valence-electron chi connectivity index (χ1n) is 4.72. The van der Waals surface area contributed by atoms with E-state index >= 15 is 0 Å². The van der Waals surface area contributed by atoms with Crippen molar-refractivity contribution in [3.63, 3.8) is 0 Å². The molecule has 0 amide bonds. The van der Waals surface area contributed by atoms with E-state index in [2.05, 4.69) is 16.5 Å². The molecule has 0 N–H and O–H groups in total. The molecule has 0 aliphatic carbocycles. The highest BCUT2D eigenvalue weighted by atomic mass is 32.1. The summed E-state index contributed by atoms with van der Waals surface area (Å²) < 4.78 is 1.88. The van der Waals surface area contributed by atoms with Gasteiger partial charge in [0.1, 0.15) is 0 Å². The Hall–Kier alpha value is -1.42. The van der Waals surface area contributed by atoms with Crippen molar-refractivity contribution in [2.24, 2.45) is 0 Å². The van der Waals surface area contributed by atoms with Gasteiger partial charge in [-0.2, -0.15) is 16.4 Å². The first-order chi connectivity index (χ1) is 7.22. The fourth-order valence-electron chi connectivity index (χ4n) is 1.59. The Bertz CT molecular complexity index is 471. The van der Waals surface area contributed by atoms with Crippen molar-refractivity contribution >= 4 is 17.6 Å². The molecule has 0 spiro atoms. The number of hydrogen-bond acceptors (Lipinski definition) is 3. The Morgan fingerprint density at radius 3 is 2.87 bits per heavy atom. The highest BCUT2D eigenvalue weighted by molar-refractivity contribution is 7.07. The largest absolute Gasteiger partial charge is 0.298 e. The van der Waals surface area contributed by atoms with Gasteiger partial charge in [-0.25, -0.2) is 0 Å². The van der Waals surface area contributed by atoms with Crippen LogP contribution in [0.25, 0.3) is 0 Å². The summed E-state index contributed by atoms with van der Waals surface area (Å²) in [7, 11) is 0. The number of carbonyl (C=O) groups excluding carboxylic acids is 1. The molecule has 0 radical (unpaired) electrons. The highest BCUT2D eigenvalue weighted by Crippen LogP contribution is 2.14. The quantitative estimate of drug-likeness (QED) is 0.744. The Morgan fingerprint density at radius 1 is 1.53 bits per heavy atom. The Labute approximate surface area is 92.4 Å². The van der Waals surface area contributed by atoms with Crippen molar-refractivity contribution in [1.82, 2.24) is 9.78 Å². The molecule has 2 rings (SSSR count). The second kappa shape index (κ2) is 3.98. The Balaban J connectivity index is 2.33. The van der Waals surface area contributed by atoms with E-state index in [1.165, 1.54) is 5.56 Å². The maximum atomic E-state index is 10.8. The third-order valence-corrected chi connectivity index (χ3v) is 3.20. The molecule has 0 saturated heterocycles. The van der Waals surface area contributed by atoms with Gasteiger partial charge in [-0.3, -0.25) is 9.48 Å². The first kappa shape index (κ1) is 10.1. The molecule has 2 aromatic rings. The van der Waals surface area contributed by atoms with Crippen molar-refractivity contribution in [3.05, 3.63) is 39.3 Å². The van der Waals surface area contributed by atoms with Crippen LogP contribution in [0, 0.1) is 13.8 Å². The van der Waals surface area contributed by atoms with Crippen molar-refractivity contribution in [3.8, 4) is 0 Å². The number of aldehydes is 1. The summed E-state index contributed by atoms with van der Waals surface area (Å²) in [6.07, 6.45) is 0.877. The second-order valence-electron chi connectivity index (χ2n) is 3.49. The summed E-state index contributed by atoms with van der Waals surface area (Å²) in [5.41, 5.74) is 3.68.